The molecule has 0 spiro atoms. The Morgan fingerprint density at radius 1 is 1.15 bits per heavy atom. The third-order valence-electron chi connectivity index (χ3n) is 4.14. The number of amides is 1. The first-order valence-corrected chi connectivity index (χ1v) is 8.49. The number of nitrogen functional groups attached to an aromatic ring is 1. The van der Waals surface area contributed by atoms with Crippen molar-refractivity contribution in [2.45, 2.75) is 6.54 Å². The summed E-state index contributed by atoms with van der Waals surface area (Å²) in [6.07, 6.45) is 3.66. The number of aromatic nitrogens is 4. The fourth-order valence-corrected chi connectivity index (χ4v) is 2.73. The van der Waals surface area contributed by atoms with Crippen LogP contribution in [-0.4, -0.2) is 51.7 Å². The molecule has 2 heterocycles. The van der Waals surface area contributed by atoms with Gasteiger partial charge in [-0.1, -0.05) is 12.1 Å². The lowest BCUT2D eigenvalue weighted by Gasteiger charge is -2.16. The average Bonchev–Trinajstić information content (AvgIpc) is 3.05. The van der Waals surface area contributed by atoms with Crippen LogP contribution in [0.2, 0.25) is 0 Å². The highest BCUT2D eigenvalue weighted by Crippen LogP contribution is 2.22. The maximum atomic E-state index is 12.6. The smallest absolute Gasteiger partial charge is 0.253 e. The minimum absolute atomic E-state index is 0.0541. The van der Waals surface area contributed by atoms with Gasteiger partial charge in [0.15, 0.2) is 0 Å². The van der Waals surface area contributed by atoms with Crippen LogP contribution in [0.5, 0.6) is 0 Å². The predicted octanol–water partition coefficient (Wildman–Crippen LogP) is 1.80. The lowest BCUT2D eigenvalue weighted by atomic mass is 10.1. The quantitative estimate of drug-likeness (QED) is 0.741. The highest BCUT2D eigenvalue weighted by molar-refractivity contribution is 5.94. The minimum atomic E-state index is -0.0541. The van der Waals surface area contributed by atoms with Crippen LogP contribution < -0.4 is 10.6 Å². The van der Waals surface area contributed by atoms with E-state index in [-0.39, 0.29) is 11.9 Å². The Kier molecular flexibility index (Phi) is 5.07. The molecule has 1 aromatic carbocycles. The fraction of sp³-hybridized carbons (Fsp3) is 0.263. The third kappa shape index (κ3) is 4.22. The highest BCUT2D eigenvalue weighted by Gasteiger charge is 2.14. The van der Waals surface area contributed by atoms with Gasteiger partial charge in [0.05, 0.1) is 11.9 Å². The van der Waals surface area contributed by atoms with Gasteiger partial charge in [0.25, 0.3) is 5.91 Å². The average molecular weight is 365 g/mol. The first-order valence-electron chi connectivity index (χ1n) is 8.49. The maximum Gasteiger partial charge on any atom is 0.253 e. The zero-order chi connectivity index (χ0) is 19.6. The molecule has 3 rings (SSSR count). The van der Waals surface area contributed by atoms with E-state index in [2.05, 4.69) is 15.1 Å². The van der Waals surface area contributed by atoms with Crippen LogP contribution in [0.1, 0.15) is 15.9 Å². The Morgan fingerprint density at radius 2 is 1.85 bits per heavy atom. The monoisotopic (exact) mass is 365 g/mol. The van der Waals surface area contributed by atoms with E-state index < -0.39 is 0 Å². The van der Waals surface area contributed by atoms with Crippen LogP contribution in [0.25, 0.3) is 11.3 Å². The highest BCUT2D eigenvalue weighted by atomic mass is 16.2. The van der Waals surface area contributed by atoms with E-state index in [1.165, 1.54) is 0 Å². The standard InChI is InChI=1S/C19H23N7O/c1-24(2)17-9-16(22-19(20)23-17)14-5-7-15(8-6-14)18(27)25(3)11-13-10-21-26(4)12-13/h5-10,12H,11H2,1-4H3,(H2,20,22,23). The van der Waals surface area contributed by atoms with Gasteiger partial charge in [0.2, 0.25) is 5.95 Å². The molecule has 0 aliphatic heterocycles. The molecule has 0 fully saturated rings. The minimum Gasteiger partial charge on any atom is -0.368 e. The molecule has 2 aromatic heterocycles. The van der Waals surface area contributed by atoms with E-state index in [1.807, 2.05) is 50.4 Å². The van der Waals surface area contributed by atoms with Crippen LogP contribution in [0.15, 0.2) is 42.7 Å². The molecule has 27 heavy (non-hydrogen) atoms. The van der Waals surface area contributed by atoms with E-state index in [0.29, 0.717) is 17.8 Å². The van der Waals surface area contributed by atoms with Crippen molar-refractivity contribution in [3.63, 3.8) is 0 Å². The normalized spacial score (nSPS) is 10.7. The van der Waals surface area contributed by atoms with Gasteiger partial charge >= 0.3 is 0 Å². The predicted molar refractivity (Wildman–Crippen MR) is 105 cm³/mol. The molecule has 0 radical (unpaired) electrons. The molecule has 8 heteroatoms. The summed E-state index contributed by atoms with van der Waals surface area (Å²) in [6, 6.07) is 9.19. The first kappa shape index (κ1) is 18.4. The van der Waals surface area contributed by atoms with Gasteiger partial charge in [-0.3, -0.25) is 9.48 Å². The first-order chi connectivity index (χ1) is 12.8. The largest absolute Gasteiger partial charge is 0.368 e. The number of aryl methyl sites for hydroxylation is 1. The van der Waals surface area contributed by atoms with Gasteiger partial charge in [-0.25, -0.2) is 4.98 Å². The molecule has 3 aromatic rings. The van der Waals surface area contributed by atoms with Gasteiger partial charge in [-0.15, -0.1) is 0 Å². The summed E-state index contributed by atoms with van der Waals surface area (Å²) in [5.74, 6) is 0.892. The van der Waals surface area contributed by atoms with Crippen molar-refractivity contribution in [2.75, 3.05) is 31.8 Å². The number of anilines is 2. The van der Waals surface area contributed by atoms with Crippen molar-refractivity contribution in [3.05, 3.63) is 53.9 Å². The molecule has 8 nitrogen and oxygen atoms in total. The molecule has 2 N–H and O–H groups in total. The Bertz CT molecular complexity index is 947. The van der Waals surface area contributed by atoms with Crippen molar-refractivity contribution in [2.24, 2.45) is 7.05 Å². The lowest BCUT2D eigenvalue weighted by Crippen LogP contribution is -2.25. The van der Waals surface area contributed by atoms with Crippen LogP contribution in [0.4, 0.5) is 11.8 Å². The number of nitrogens with two attached hydrogens (primary N) is 1. The van der Waals surface area contributed by atoms with Crippen LogP contribution in [0, 0.1) is 0 Å². The fourth-order valence-electron chi connectivity index (χ4n) is 2.73. The Hall–Kier alpha value is -3.42. The van der Waals surface area contributed by atoms with Crippen molar-refractivity contribution >= 4 is 17.7 Å². The van der Waals surface area contributed by atoms with Crippen LogP contribution in [-0.2, 0) is 13.6 Å². The van der Waals surface area contributed by atoms with Crippen molar-refractivity contribution in [1.82, 2.24) is 24.6 Å². The number of nitrogens with zero attached hydrogens (tertiary/aromatic N) is 6. The second kappa shape index (κ2) is 7.45. The summed E-state index contributed by atoms with van der Waals surface area (Å²) >= 11 is 0. The van der Waals surface area contributed by atoms with E-state index >= 15 is 0 Å². The summed E-state index contributed by atoms with van der Waals surface area (Å²) in [5, 5.41) is 4.13. The summed E-state index contributed by atoms with van der Waals surface area (Å²) in [4.78, 5) is 24.7. The second-order valence-electron chi connectivity index (χ2n) is 6.62. The maximum absolute atomic E-state index is 12.6. The number of hydrogen-bond donors (Lipinski definition) is 1. The van der Waals surface area contributed by atoms with Crippen LogP contribution >= 0.6 is 0 Å². The van der Waals surface area contributed by atoms with Gasteiger partial charge in [0.1, 0.15) is 5.82 Å². The summed E-state index contributed by atoms with van der Waals surface area (Å²) < 4.78 is 1.72. The molecular weight excluding hydrogens is 342 g/mol. The van der Waals surface area contributed by atoms with E-state index in [1.54, 1.807) is 35.0 Å². The molecule has 0 unspecified atom stereocenters. The Balaban J connectivity index is 1.77. The second-order valence-corrected chi connectivity index (χ2v) is 6.62. The number of rotatable bonds is 5. The van der Waals surface area contributed by atoms with E-state index in [0.717, 1.165) is 16.9 Å². The topological polar surface area (TPSA) is 93.2 Å². The van der Waals surface area contributed by atoms with E-state index in [4.69, 9.17) is 5.73 Å². The van der Waals surface area contributed by atoms with Crippen LogP contribution in [0.3, 0.4) is 0 Å². The molecule has 0 saturated heterocycles. The summed E-state index contributed by atoms with van der Waals surface area (Å²) in [5.41, 5.74) is 9.00. The van der Waals surface area contributed by atoms with Gasteiger partial charge in [0, 0.05) is 63.7 Å². The SMILES string of the molecule is CN(Cc1cnn(C)c1)C(=O)c1ccc(-c2cc(N(C)C)nc(N)n2)cc1. The zero-order valence-corrected chi connectivity index (χ0v) is 15.9. The molecule has 0 bridgehead atoms. The van der Waals surface area contributed by atoms with Crippen molar-refractivity contribution < 1.29 is 4.79 Å². The summed E-state index contributed by atoms with van der Waals surface area (Å²) in [7, 11) is 7.42. The van der Waals surface area contributed by atoms with E-state index in [9.17, 15) is 4.79 Å². The number of carbonyl (C=O) groups is 1. The van der Waals surface area contributed by atoms with Crippen molar-refractivity contribution in [1.29, 1.82) is 0 Å². The summed E-state index contributed by atoms with van der Waals surface area (Å²) in [6.45, 7) is 0.503. The molecule has 1 amide bonds. The molecular formula is C19H23N7O. The lowest BCUT2D eigenvalue weighted by molar-refractivity contribution is 0.0785. The molecule has 0 aliphatic rings. The molecule has 0 atom stereocenters. The number of carbonyl (C=O) groups excluding carboxylic acids is 1. The Morgan fingerprint density at radius 3 is 2.44 bits per heavy atom. The van der Waals surface area contributed by atoms with Gasteiger partial charge in [-0.05, 0) is 12.1 Å². The van der Waals surface area contributed by atoms with Gasteiger partial charge in [-0.2, -0.15) is 10.1 Å². The third-order valence-corrected chi connectivity index (χ3v) is 4.14. The molecule has 0 aliphatic carbocycles. The number of hydrogen-bond acceptors (Lipinski definition) is 6. The van der Waals surface area contributed by atoms with Gasteiger partial charge < -0.3 is 15.5 Å². The number of benzene rings is 1. The Labute approximate surface area is 158 Å². The zero-order valence-electron chi connectivity index (χ0n) is 15.9. The van der Waals surface area contributed by atoms with Crippen molar-refractivity contribution in [3.8, 4) is 11.3 Å². The molecule has 140 valence electrons. The molecule has 0 saturated carbocycles.